The summed E-state index contributed by atoms with van der Waals surface area (Å²) in [5, 5.41) is 14.7. The summed E-state index contributed by atoms with van der Waals surface area (Å²) in [7, 11) is 1.16. The highest BCUT2D eigenvalue weighted by Gasteiger charge is 2.21. The maximum Gasteiger partial charge on any atom is 0.377 e. The Morgan fingerprint density at radius 2 is 2.20 bits per heavy atom. The molecule has 2 rings (SSSR count). The van der Waals surface area contributed by atoms with Gasteiger partial charge in [0.25, 0.3) is 11.5 Å². The third kappa shape index (κ3) is 2.32. The Bertz CT molecular complexity index is 698. The van der Waals surface area contributed by atoms with Gasteiger partial charge in [-0.2, -0.15) is 0 Å². The van der Waals surface area contributed by atoms with E-state index in [9.17, 15) is 19.3 Å². The third-order valence-electron chi connectivity index (χ3n) is 2.56. The molecule has 0 atom stereocenters. The number of benzene rings is 1. The van der Waals surface area contributed by atoms with Gasteiger partial charge in [0.1, 0.15) is 17.8 Å². The number of nitro groups is 1. The molecule has 0 saturated carbocycles. The molecule has 0 radical (unpaired) electrons. The monoisotopic (exact) mass is 280 g/mol. The molecule has 0 aliphatic rings. The van der Waals surface area contributed by atoms with Crippen molar-refractivity contribution in [1.29, 1.82) is 0 Å². The average Bonchev–Trinajstić information content (AvgIpc) is 2.89. The highest BCUT2D eigenvalue weighted by Crippen LogP contribution is 2.25. The van der Waals surface area contributed by atoms with Crippen LogP contribution >= 0.6 is 0 Å². The van der Waals surface area contributed by atoms with E-state index in [2.05, 4.69) is 14.8 Å². The van der Waals surface area contributed by atoms with Gasteiger partial charge >= 0.3 is 5.97 Å². The smallest absolute Gasteiger partial charge is 0.377 e. The van der Waals surface area contributed by atoms with Gasteiger partial charge in [0.15, 0.2) is 0 Å². The van der Waals surface area contributed by atoms with E-state index >= 15 is 0 Å². The average molecular weight is 280 g/mol. The predicted octanol–water partition coefficient (Wildman–Crippen LogP) is 1.41. The number of halogens is 1. The van der Waals surface area contributed by atoms with E-state index in [1.165, 1.54) is 13.0 Å². The van der Waals surface area contributed by atoms with Crippen LogP contribution in [-0.2, 0) is 4.74 Å². The summed E-state index contributed by atoms with van der Waals surface area (Å²) in [6, 6.07) is 2.05. The summed E-state index contributed by atoms with van der Waals surface area (Å²) in [6.45, 7) is 1.46. The summed E-state index contributed by atoms with van der Waals surface area (Å²) >= 11 is 0. The van der Waals surface area contributed by atoms with Crippen molar-refractivity contribution >= 4 is 11.7 Å². The van der Waals surface area contributed by atoms with Gasteiger partial charge in [-0.25, -0.2) is 18.9 Å². The van der Waals surface area contributed by atoms with E-state index in [0.717, 1.165) is 24.2 Å². The molecule has 9 heteroatoms. The normalized spacial score (nSPS) is 10.3. The van der Waals surface area contributed by atoms with Crippen molar-refractivity contribution in [1.82, 2.24) is 14.8 Å². The van der Waals surface area contributed by atoms with Crippen LogP contribution in [0.15, 0.2) is 18.5 Å². The van der Waals surface area contributed by atoms with Gasteiger partial charge < -0.3 is 4.74 Å². The molecule has 0 saturated heterocycles. The molecule has 0 aliphatic carbocycles. The molecule has 1 heterocycles. The van der Waals surface area contributed by atoms with E-state index in [0.29, 0.717) is 0 Å². The maximum atomic E-state index is 13.4. The Labute approximate surface area is 112 Å². The van der Waals surface area contributed by atoms with Gasteiger partial charge in [0.2, 0.25) is 0 Å². The summed E-state index contributed by atoms with van der Waals surface area (Å²) in [4.78, 5) is 25.1. The number of aryl methyl sites for hydroxylation is 1. The molecule has 104 valence electrons. The van der Waals surface area contributed by atoms with Crippen molar-refractivity contribution in [3.05, 3.63) is 45.8 Å². The molecule has 0 amide bonds. The minimum atomic E-state index is -0.773. The quantitative estimate of drug-likeness (QED) is 0.478. The Kier molecular flexibility index (Phi) is 3.42. The summed E-state index contributed by atoms with van der Waals surface area (Å²) in [5.41, 5.74) is -0.258. The first kappa shape index (κ1) is 13.6. The number of hydrogen-bond donors (Lipinski definition) is 0. The molecular weight excluding hydrogens is 271 g/mol. The Morgan fingerprint density at radius 1 is 1.50 bits per heavy atom. The van der Waals surface area contributed by atoms with Crippen molar-refractivity contribution in [3.63, 3.8) is 0 Å². The fourth-order valence-electron chi connectivity index (χ4n) is 1.55. The van der Waals surface area contributed by atoms with Gasteiger partial charge in [-0.05, 0) is 18.6 Å². The van der Waals surface area contributed by atoms with Crippen LogP contribution in [0.3, 0.4) is 0 Å². The molecule has 2 aromatic rings. The van der Waals surface area contributed by atoms with Crippen LogP contribution in [0.5, 0.6) is 0 Å². The number of carbonyl (C=O) groups excluding carboxylic acids is 1. The van der Waals surface area contributed by atoms with Crippen LogP contribution in [-0.4, -0.2) is 32.8 Å². The third-order valence-corrected chi connectivity index (χ3v) is 2.56. The zero-order valence-corrected chi connectivity index (χ0v) is 10.5. The summed E-state index contributed by atoms with van der Waals surface area (Å²) < 4.78 is 18.9. The lowest BCUT2D eigenvalue weighted by Crippen LogP contribution is -2.06. The second kappa shape index (κ2) is 5.03. The minimum absolute atomic E-state index is 0.0107. The van der Waals surface area contributed by atoms with Crippen LogP contribution in [0.2, 0.25) is 0 Å². The molecule has 1 aromatic heterocycles. The minimum Gasteiger partial charge on any atom is -0.463 e. The number of hydrogen-bond acceptors (Lipinski definition) is 6. The molecule has 0 spiro atoms. The van der Waals surface area contributed by atoms with Crippen molar-refractivity contribution in [2.24, 2.45) is 0 Å². The number of ether oxygens (including phenoxy) is 1. The fourth-order valence-corrected chi connectivity index (χ4v) is 1.55. The molecule has 0 bridgehead atoms. The van der Waals surface area contributed by atoms with Crippen molar-refractivity contribution in [3.8, 4) is 5.69 Å². The molecule has 0 fully saturated rings. The van der Waals surface area contributed by atoms with E-state index in [1.54, 1.807) is 0 Å². The largest absolute Gasteiger partial charge is 0.463 e. The lowest BCUT2D eigenvalue weighted by atomic mass is 10.2. The highest BCUT2D eigenvalue weighted by molar-refractivity contribution is 5.84. The number of nitro benzene ring substituents is 1. The number of rotatable bonds is 3. The number of carbonyl (C=O) groups is 1. The van der Waals surface area contributed by atoms with Crippen LogP contribution in [0.25, 0.3) is 5.69 Å². The Hall–Kier alpha value is -2.84. The van der Waals surface area contributed by atoms with E-state index in [-0.39, 0.29) is 17.1 Å². The standard InChI is InChI=1S/C11H9FN4O4/c1-6-3-8(9(16(18)19)4-7(6)12)15-5-13-10(14-15)11(17)20-2/h3-5H,1-2H3. The molecule has 8 nitrogen and oxygen atoms in total. The highest BCUT2D eigenvalue weighted by atomic mass is 19.1. The summed E-state index contributed by atoms with van der Waals surface area (Å²) in [5.74, 6) is -1.72. The number of nitrogens with zero attached hydrogens (tertiary/aromatic N) is 4. The van der Waals surface area contributed by atoms with Gasteiger partial charge in [0, 0.05) is 0 Å². The summed E-state index contributed by atoms with van der Waals surface area (Å²) in [6.07, 6.45) is 1.12. The lowest BCUT2D eigenvalue weighted by Gasteiger charge is -2.04. The van der Waals surface area contributed by atoms with Crippen molar-refractivity contribution < 1.29 is 18.8 Å². The molecule has 20 heavy (non-hydrogen) atoms. The van der Waals surface area contributed by atoms with Crippen LogP contribution in [0, 0.1) is 22.9 Å². The van der Waals surface area contributed by atoms with Gasteiger partial charge in [-0.15, -0.1) is 5.10 Å². The zero-order chi connectivity index (χ0) is 14.9. The molecule has 0 aliphatic heterocycles. The molecule has 1 aromatic carbocycles. The topological polar surface area (TPSA) is 100 Å². The lowest BCUT2D eigenvalue weighted by molar-refractivity contribution is -0.384. The Balaban J connectivity index is 2.57. The van der Waals surface area contributed by atoms with E-state index in [4.69, 9.17) is 0 Å². The van der Waals surface area contributed by atoms with Gasteiger partial charge in [0.05, 0.1) is 18.1 Å². The van der Waals surface area contributed by atoms with Crippen molar-refractivity contribution in [2.45, 2.75) is 6.92 Å². The van der Waals surface area contributed by atoms with E-state index < -0.39 is 22.4 Å². The van der Waals surface area contributed by atoms with Crippen LogP contribution in [0.4, 0.5) is 10.1 Å². The fraction of sp³-hybridized carbons (Fsp3) is 0.182. The number of aromatic nitrogens is 3. The second-order valence-electron chi connectivity index (χ2n) is 3.85. The first-order valence-electron chi connectivity index (χ1n) is 5.39. The second-order valence-corrected chi connectivity index (χ2v) is 3.85. The first-order chi connectivity index (χ1) is 9.43. The van der Waals surface area contributed by atoms with Crippen LogP contribution in [0.1, 0.15) is 16.2 Å². The predicted molar refractivity (Wildman–Crippen MR) is 64.0 cm³/mol. The molecule has 0 unspecified atom stereocenters. The van der Waals surface area contributed by atoms with Crippen molar-refractivity contribution in [2.75, 3.05) is 7.11 Å². The van der Waals surface area contributed by atoms with Gasteiger partial charge in [-0.1, -0.05) is 0 Å². The number of esters is 1. The Morgan fingerprint density at radius 3 is 2.80 bits per heavy atom. The SMILES string of the molecule is COC(=O)c1ncn(-c2cc(C)c(F)cc2[N+](=O)[O-])n1. The zero-order valence-electron chi connectivity index (χ0n) is 10.5. The van der Waals surface area contributed by atoms with Gasteiger partial charge in [-0.3, -0.25) is 10.1 Å². The molecule has 0 N–H and O–H groups in total. The first-order valence-corrected chi connectivity index (χ1v) is 5.39. The maximum absolute atomic E-state index is 13.4. The van der Waals surface area contributed by atoms with E-state index in [1.807, 2.05) is 0 Å². The van der Waals surface area contributed by atoms with Crippen LogP contribution < -0.4 is 0 Å². The molecular formula is C11H9FN4O4. The number of methoxy groups -OCH3 is 1.